The Kier molecular flexibility index (Phi) is 5.45. The number of nitrogens with one attached hydrogen (secondary N) is 1. The van der Waals surface area contributed by atoms with Crippen molar-refractivity contribution in [2.24, 2.45) is 5.41 Å². The zero-order valence-electron chi connectivity index (χ0n) is 14.5. The van der Waals surface area contributed by atoms with Crippen molar-refractivity contribution in [2.75, 3.05) is 26.7 Å². The molecule has 0 aliphatic carbocycles. The van der Waals surface area contributed by atoms with Crippen molar-refractivity contribution in [3.05, 3.63) is 34.9 Å². The first-order chi connectivity index (χ1) is 10.0. The Morgan fingerprint density at radius 1 is 1.24 bits per heavy atom. The zero-order valence-corrected chi connectivity index (χ0v) is 14.5. The highest BCUT2D eigenvalue weighted by molar-refractivity contribution is 5.33. The number of hydrogen-bond acceptors (Lipinski definition) is 2. The van der Waals surface area contributed by atoms with E-state index in [2.05, 4.69) is 63.2 Å². The van der Waals surface area contributed by atoms with Gasteiger partial charge in [-0.3, -0.25) is 0 Å². The van der Waals surface area contributed by atoms with Crippen LogP contribution in [0, 0.1) is 19.3 Å². The molecule has 1 saturated heterocycles. The van der Waals surface area contributed by atoms with Gasteiger partial charge >= 0.3 is 0 Å². The minimum atomic E-state index is 0.440. The monoisotopic (exact) mass is 288 g/mol. The summed E-state index contributed by atoms with van der Waals surface area (Å²) in [6.07, 6.45) is 3.99. The van der Waals surface area contributed by atoms with E-state index in [1.807, 2.05) is 0 Å². The Hall–Kier alpha value is -0.860. The molecule has 1 N–H and O–H groups in total. The van der Waals surface area contributed by atoms with Gasteiger partial charge in [-0.15, -0.1) is 0 Å². The van der Waals surface area contributed by atoms with Gasteiger partial charge in [0.1, 0.15) is 0 Å². The van der Waals surface area contributed by atoms with Gasteiger partial charge in [-0.05, 0) is 63.2 Å². The molecule has 0 amide bonds. The lowest BCUT2D eigenvalue weighted by Crippen LogP contribution is -2.34. The molecule has 118 valence electrons. The van der Waals surface area contributed by atoms with E-state index < -0.39 is 0 Å². The molecular weight excluding hydrogens is 256 g/mol. The van der Waals surface area contributed by atoms with Gasteiger partial charge in [-0.1, -0.05) is 37.6 Å². The van der Waals surface area contributed by atoms with Crippen molar-refractivity contribution in [3.63, 3.8) is 0 Å². The average Bonchev–Trinajstić information content (AvgIpc) is 2.89. The smallest absolute Gasteiger partial charge is 0.0449 e. The highest BCUT2D eigenvalue weighted by Gasteiger charge is 2.35. The molecule has 2 rings (SSSR count). The molecule has 0 bridgehead atoms. The molecule has 1 aromatic rings. The van der Waals surface area contributed by atoms with Crippen LogP contribution in [0.4, 0.5) is 0 Å². The minimum absolute atomic E-state index is 0.440. The normalized spacial score (nSPS) is 19.9. The fourth-order valence-corrected chi connectivity index (χ4v) is 3.83. The second-order valence-electron chi connectivity index (χ2n) is 6.89. The maximum Gasteiger partial charge on any atom is 0.0449 e. The lowest BCUT2D eigenvalue weighted by Gasteiger charge is -2.29. The van der Waals surface area contributed by atoms with Gasteiger partial charge in [0.2, 0.25) is 0 Å². The van der Waals surface area contributed by atoms with Gasteiger partial charge < -0.3 is 10.2 Å². The van der Waals surface area contributed by atoms with Crippen LogP contribution in [0.3, 0.4) is 0 Å². The molecule has 0 saturated carbocycles. The van der Waals surface area contributed by atoms with E-state index in [-0.39, 0.29) is 0 Å². The standard InChI is InChI=1S/C19H32N2/c1-6-19(7-2)10-11-21(14-19)13-18(20-5)17-9-8-15(3)12-16(17)4/h8-9,12,18,20H,6-7,10-11,13-14H2,1-5H3. The van der Waals surface area contributed by atoms with Crippen LogP contribution in [0.1, 0.15) is 55.8 Å². The predicted molar refractivity (Wildman–Crippen MR) is 91.8 cm³/mol. The lowest BCUT2D eigenvalue weighted by atomic mass is 9.82. The van der Waals surface area contributed by atoms with Gasteiger partial charge in [0.05, 0.1) is 0 Å². The number of hydrogen-bond donors (Lipinski definition) is 1. The maximum absolute atomic E-state index is 3.53. The first kappa shape index (κ1) is 16.5. The number of nitrogens with zero attached hydrogens (tertiary/aromatic N) is 1. The number of likely N-dealkylation sites (N-methyl/N-ethyl adjacent to an activating group) is 1. The van der Waals surface area contributed by atoms with Gasteiger partial charge in [0.15, 0.2) is 0 Å². The third-order valence-electron chi connectivity index (χ3n) is 5.61. The first-order valence-electron chi connectivity index (χ1n) is 8.50. The van der Waals surface area contributed by atoms with E-state index >= 15 is 0 Å². The van der Waals surface area contributed by atoms with Crippen LogP contribution in [0.5, 0.6) is 0 Å². The Labute approximate surface area is 130 Å². The third kappa shape index (κ3) is 3.67. The SMILES string of the molecule is CCC1(CC)CCN(CC(NC)c2ccc(C)cc2C)C1. The highest BCUT2D eigenvalue weighted by atomic mass is 15.2. The molecule has 1 heterocycles. The number of aryl methyl sites for hydroxylation is 2. The fourth-order valence-electron chi connectivity index (χ4n) is 3.83. The van der Waals surface area contributed by atoms with Crippen LogP contribution in [-0.2, 0) is 0 Å². The van der Waals surface area contributed by atoms with E-state index in [9.17, 15) is 0 Å². The summed E-state index contributed by atoms with van der Waals surface area (Å²) in [4.78, 5) is 2.66. The summed E-state index contributed by atoms with van der Waals surface area (Å²) >= 11 is 0. The van der Waals surface area contributed by atoms with Crippen molar-refractivity contribution in [1.82, 2.24) is 10.2 Å². The molecule has 1 atom stereocenters. The zero-order chi connectivity index (χ0) is 15.5. The van der Waals surface area contributed by atoms with Gasteiger partial charge in [0, 0.05) is 19.1 Å². The summed E-state index contributed by atoms with van der Waals surface area (Å²) in [6.45, 7) is 12.8. The van der Waals surface area contributed by atoms with Crippen molar-refractivity contribution in [3.8, 4) is 0 Å². The summed E-state index contributed by atoms with van der Waals surface area (Å²) in [5, 5.41) is 3.53. The summed E-state index contributed by atoms with van der Waals surface area (Å²) in [6, 6.07) is 7.27. The van der Waals surface area contributed by atoms with Crippen molar-refractivity contribution >= 4 is 0 Å². The molecule has 0 radical (unpaired) electrons. The minimum Gasteiger partial charge on any atom is -0.312 e. The van der Waals surface area contributed by atoms with Crippen LogP contribution in [0.15, 0.2) is 18.2 Å². The molecule has 2 nitrogen and oxygen atoms in total. The van der Waals surface area contributed by atoms with E-state index in [1.165, 1.54) is 49.0 Å². The summed E-state index contributed by atoms with van der Waals surface area (Å²) in [5.74, 6) is 0. The molecule has 1 unspecified atom stereocenters. The molecular formula is C19H32N2. The number of likely N-dealkylation sites (tertiary alicyclic amines) is 1. The van der Waals surface area contributed by atoms with Gasteiger partial charge in [0.25, 0.3) is 0 Å². The second kappa shape index (κ2) is 6.93. The summed E-state index contributed by atoms with van der Waals surface area (Å²) in [5.41, 5.74) is 4.78. The molecule has 2 heteroatoms. The number of benzene rings is 1. The Morgan fingerprint density at radius 2 is 1.95 bits per heavy atom. The third-order valence-corrected chi connectivity index (χ3v) is 5.61. The fraction of sp³-hybridized carbons (Fsp3) is 0.684. The van der Waals surface area contributed by atoms with Gasteiger partial charge in [-0.25, -0.2) is 0 Å². The van der Waals surface area contributed by atoms with Crippen LogP contribution >= 0.6 is 0 Å². The molecule has 1 aliphatic heterocycles. The van der Waals surface area contributed by atoms with Crippen LogP contribution in [0.2, 0.25) is 0 Å². The molecule has 1 aliphatic rings. The first-order valence-corrected chi connectivity index (χ1v) is 8.50. The largest absolute Gasteiger partial charge is 0.312 e. The molecule has 0 spiro atoms. The predicted octanol–water partition coefficient (Wildman–Crippen LogP) is 4.08. The van der Waals surface area contributed by atoms with Crippen molar-refractivity contribution in [2.45, 2.75) is 53.0 Å². The van der Waals surface area contributed by atoms with E-state index in [0.717, 1.165) is 6.54 Å². The summed E-state index contributed by atoms with van der Waals surface area (Å²) < 4.78 is 0. The van der Waals surface area contributed by atoms with Crippen molar-refractivity contribution < 1.29 is 0 Å². The Morgan fingerprint density at radius 3 is 2.48 bits per heavy atom. The van der Waals surface area contributed by atoms with E-state index in [0.29, 0.717) is 11.5 Å². The average molecular weight is 288 g/mol. The highest BCUT2D eigenvalue weighted by Crippen LogP contribution is 2.37. The number of rotatable bonds is 6. The van der Waals surface area contributed by atoms with E-state index in [1.54, 1.807) is 0 Å². The van der Waals surface area contributed by atoms with Crippen LogP contribution in [-0.4, -0.2) is 31.6 Å². The topological polar surface area (TPSA) is 15.3 Å². The quantitative estimate of drug-likeness (QED) is 0.848. The Bertz CT molecular complexity index is 463. The molecule has 21 heavy (non-hydrogen) atoms. The maximum atomic E-state index is 3.53. The van der Waals surface area contributed by atoms with Gasteiger partial charge in [-0.2, -0.15) is 0 Å². The Balaban J connectivity index is 2.07. The molecule has 0 aromatic heterocycles. The van der Waals surface area contributed by atoms with E-state index in [4.69, 9.17) is 0 Å². The molecule has 1 aromatic carbocycles. The molecule has 1 fully saturated rings. The van der Waals surface area contributed by atoms with Crippen LogP contribution in [0.25, 0.3) is 0 Å². The lowest BCUT2D eigenvalue weighted by molar-refractivity contribution is 0.227. The van der Waals surface area contributed by atoms with Crippen molar-refractivity contribution in [1.29, 1.82) is 0 Å². The van der Waals surface area contributed by atoms with Crippen LogP contribution < -0.4 is 5.32 Å². The second-order valence-corrected chi connectivity index (χ2v) is 6.89. The summed E-state index contributed by atoms with van der Waals surface area (Å²) in [7, 11) is 2.09.